The largest absolute Gasteiger partial charge is 0.507 e. The summed E-state index contributed by atoms with van der Waals surface area (Å²) in [5.74, 6) is -0.0232. The number of thiazole rings is 1. The highest BCUT2D eigenvalue weighted by molar-refractivity contribution is 7.21. The van der Waals surface area contributed by atoms with E-state index >= 15 is 0 Å². The number of fused-ring (bicyclic) bond motifs is 1. The molecule has 0 spiro atoms. The Balaban J connectivity index is 1.53. The monoisotopic (exact) mass is 360 g/mol. The Bertz CT molecular complexity index is 1040. The number of hydrogen-bond acceptors (Lipinski definition) is 4. The van der Waals surface area contributed by atoms with Crippen molar-refractivity contribution in [2.45, 2.75) is 6.42 Å². The molecule has 0 aliphatic carbocycles. The molecule has 4 nitrogen and oxygen atoms in total. The van der Waals surface area contributed by atoms with Crippen LogP contribution in [-0.2, 0) is 11.2 Å². The standard InChI is InChI=1S/C21H16N2O2S/c24-18-13-15(22-20(25)12-14-6-2-1-3-7-14)10-11-16(18)21-23-17-8-4-5-9-19(17)26-21/h1-11,13,24H,12H2,(H,22,25). The number of aromatic nitrogens is 1. The summed E-state index contributed by atoms with van der Waals surface area (Å²) in [6.45, 7) is 0. The molecule has 0 saturated carbocycles. The van der Waals surface area contributed by atoms with Crippen molar-refractivity contribution in [2.75, 3.05) is 5.32 Å². The fraction of sp³-hybridized carbons (Fsp3) is 0.0476. The van der Waals surface area contributed by atoms with Crippen LogP contribution in [0.15, 0.2) is 72.8 Å². The fourth-order valence-electron chi connectivity index (χ4n) is 2.76. The Morgan fingerprint density at radius 3 is 2.54 bits per heavy atom. The molecule has 5 heteroatoms. The summed E-state index contributed by atoms with van der Waals surface area (Å²) in [5, 5.41) is 14.0. The van der Waals surface area contributed by atoms with Gasteiger partial charge in [-0.05, 0) is 29.8 Å². The van der Waals surface area contributed by atoms with Crippen LogP contribution in [0.3, 0.4) is 0 Å². The Labute approximate surface area is 154 Å². The summed E-state index contributed by atoms with van der Waals surface area (Å²) < 4.78 is 1.07. The van der Waals surface area contributed by atoms with Gasteiger partial charge in [0.25, 0.3) is 0 Å². The molecular weight excluding hydrogens is 344 g/mol. The summed E-state index contributed by atoms with van der Waals surface area (Å²) in [5.41, 5.74) is 3.08. The average molecular weight is 360 g/mol. The predicted octanol–water partition coefficient (Wildman–Crippen LogP) is 4.85. The van der Waals surface area contributed by atoms with Crippen molar-refractivity contribution in [3.8, 4) is 16.3 Å². The maximum Gasteiger partial charge on any atom is 0.228 e. The first kappa shape index (κ1) is 16.3. The molecule has 0 radical (unpaired) electrons. The second kappa shape index (κ2) is 6.98. The van der Waals surface area contributed by atoms with E-state index < -0.39 is 0 Å². The van der Waals surface area contributed by atoms with E-state index in [1.165, 1.54) is 11.3 Å². The van der Waals surface area contributed by atoms with Gasteiger partial charge in [0.2, 0.25) is 5.91 Å². The van der Waals surface area contributed by atoms with Crippen molar-refractivity contribution in [1.82, 2.24) is 4.98 Å². The number of carbonyl (C=O) groups is 1. The van der Waals surface area contributed by atoms with Gasteiger partial charge in [-0.1, -0.05) is 42.5 Å². The highest BCUT2D eigenvalue weighted by Crippen LogP contribution is 2.36. The molecule has 26 heavy (non-hydrogen) atoms. The van der Waals surface area contributed by atoms with Crippen LogP contribution in [0.4, 0.5) is 5.69 Å². The lowest BCUT2D eigenvalue weighted by atomic mass is 10.1. The van der Waals surface area contributed by atoms with E-state index in [1.54, 1.807) is 18.2 Å². The lowest BCUT2D eigenvalue weighted by molar-refractivity contribution is -0.115. The summed E-state index contributed by atoms with van der Waals surface area (Å²) in [6, 6.07) is 22.5. The topological polar surface area (TPSA) is 62.2 Å². The number of carbonyl (C=O) groups excluding carboxylic acids is 1. The minimum absolute atomic E-state index is 0.0987. The number of benzene rings is 3. The molecule has 3 aromatic carbocycles. The third-order valence-electron chi connectivity index (χ3n) is 4.01. The van der Waals surface area contributed by atoms with E-state index in [0.717, 1.165) is 20.8 Å². The molecule has 0 aliphatic heterocycles. The lowest BCUT2D eigenvalue weighted by Gasteiger charge is -2.08. The molecule has 1 heterocycles. The summed E-state index contributed by atoms with van der Waals surface area (Å²) in [6.07, 6.45) is 0.293. The van der Waals surface area contributed by atoms with Gasteiger partial charge >= 0.3 is 0 Å². The molecule has 4 aromatic rings. The number of nitrogens with one attached hydrogen (secondary N) is 1. The first-order chi connectivity index (χ1) is 12.7. The number of phenols is 1. The second-order valence-electron chi connectivity index (χ2n) is 5.93. The van der Waals surface area contributed by atoms with E-state index in [4.69, 9.17) is 0 Å². The predicted molar refractivity (Wildman–Crippen MR) is 105 cm³/mol. The number of nitrogens with zero attached hydrogens (tertiary/aromatic N) is 1. The first-order valence-electron chi connectivity index (χ1n) is 8.22. The van der Waals surface area contributed by atoms with Gasteiger partial charge in [-0.2, -0.15) is 0 Å². The van der Waals surface area contributed by atoms with Crippen LogP contribution in [-0.4, -0.2) is 16.0 Å². The molecule has 4 rings (SSSR count). The molecule has 0 aliphatic rings. The van der Waals surface area contributed by atoms with Crippen LogP contribution in [0.2, 0.25) is 0 Å². The first-order valence-corrected chi connectivity index (χ1v) is 9.03. The minimum Gasteiger partial charge on any atom is -0.507 e. The Hall–Kier alpha value is -3.18. The van der Waals surface area contributed by atoms with Gasteiger partial charge in [-0.3, -0.25) is 4.79 Å². The average Bonchev–Trinajstić information content (AvgIpc) is 3.06. The Morgan fingerprint density at radius 2 is 1.77 bits per heavy atom. The third kappa shape index (κ3) is 3.43. The van der Waals surface area contributed by atoms with Gasteiger partial charge < -0.3 is 10.4 Å². The van der Waals surface area contributed by atoms with E-state index in [1.807, 2.05) is 54.6 Å². The van der Waals surface area contributed by atoms with Gasteiger partial charge in [-0.15, -0.1) is 11.3 Å². The highest BCUT2D eigenvalue weighted by Gasteiger charge is 2.12. The number of rotatable bonds is 4. The summed E-state index contributed by atoms with van der Waals surface area (Å²) in [7, 11) is 0. The van der Waals surface area contributed by atoms with Gasteiger partial charge in [0.15, 0.2) is 0 Å². The second-order valence-corrected chi connectivity index (χ2v) is 6.96. The number of amides is 1. The van der Waals surface area contributed by atoms with Crippen LogP contribution in [0.25, 0.3) is 20.8 Å². The van der Waals surface area contributed by atoms with Crippen molar-refractivity contribution < 1.29 is 9.90 Å². The molecule has 0 saturated heterocycles. The van der Waals surface area contributed by atoms with Gasteiger partial charge in [0, 0.05) is 11.8 Å². The molecule has 1 aromatic heterocycles. The van der Waals surface area contributed by atoms with Crippen molar-refractivity contribution in [2.24, 2.45) is 0 Å². The molecule has 0 atom stereocenters. The Morgan fingerprint density at radius 1 is 1.00 bits per heavy atom. The van der Waals surface area contributed by atoms with Gasteiger partial charge in [0.05, 0.1) is 22.2 Å². The van der Waals surface area contributed by atoms with Crippen LogP contribution in [0.5, 0.6) is 5.75 Å². The maximum atomic E-state index is 12.2. The number of aromatic hydroxyl groups is 1. The van der Waals surface area contributed by atoms with Crippen LogP contribution < -0.4 is 5.32 Å². The van der Waals surface area contributed by atoms with E-state index in [2.05, 4.69) is 10.3 Å². The number of anilines is 1. The normalized spacial score (nSPS) is 10.8. The van der Waals surface area contributed by atoms with E-state index in [0.29, 0.717) is 17.7 Å². The van der Waals surface area contributed by atoms with Crippen LogP contribution in [0.1, 0.15) is 5.56 Å². The minimum atomic E-state index is -0.122. The number of phenolic OH excluding ortho intramolecular Hbond substituents is 1. The maximum absolute atomic E-state index is 12.2. The van der Waals surface area contributed by atoms with E-state index in [9.17, 15) is 9.90 Å². The Kier molecular flexibility index (Phi) is 4.37. The summed E-state index contributed by atoms with van der Waals surface area (Å²) >= 11 is 1.53. The van der Waals surface area contributed by atoms with E-state index in [-0.39, 0.29) is 11.7 Å². The number of hydrogen-bond donors (Lipinski definition) is 2. The third-order valence-corrected chi connectivity index (χ3v) is 5.08. The summed E-state index contributed by atoms with van der Waals surface area (Å²) in [4.78, 5) is 16.7. The molecular formula is C21H16N2O2S. The van der Waals surface area contributed by atoms with Crippen LogP contribution >= 0.6 is 11.3 Å². The van der Waals surface area contributed by atoms with Crippen molar-refractivity contribution in [1.29, 1.82) is 0 Å². The molecule has 2 N–H and O–H groups in total. The molecule has 0 unspecified atom stereocenters. The van der Waals surface area contributed by atoms with Gasteiger partial charge in [-0.25, -0.2) is 4.98 Å². The SMILES string of the molecule is O=C(Cc1ccccc1)Nc1ccc(-c2nc3ccccc3s2)c(O)c1. The molecule has 0 fully saturated rings. The zero-order valence-electron chi connectivity index (χ0n) is 13.8. The fourth-order valence-corrected chi connectivity index (χ4v) is 3.76. The van der Waals surface area contributed by atoms with Gasteiger partial charge in [0.1, 0.15) is 10.8 Å². The highest BCUT2D eigenvalue weighted by atomic mass is 32.1. The molecule has 128 valence electrons. The lowest BCUT2D eigenvalue weighted by Crippen LogP contribution is -2.14. The zero-order chi connectivity index (χ0) is 17.9. The molecule has 0 bridgehead atoms. The van der Waals surface area contributed by atoms with Crippen molar-refractivity contribution in [3.63, 3.8) is 0 Å². The smallest absolute Gasteiger partial charge is 0.228 e. The van der Waals surface area contributed by atoms with Crippen molar-refractivity contribution in [3.05, 3.63) is 78.4 Å². The molecule has 1 amide bonds. The zero-order valence-corrected chi connectivity index (χ0v) is 14.7. The van der Waals surface area contributed by atoms with Crippen LogP contribution in [0, 0.1) is 0 Å². The van der Waals surface area contributed by atoms with Crippen molar-refractivity contribution >= 4 is 33.1 Å². The number of para-hydroxylation sites is 1. The quantitative estimate of drug-likeness (QED) is 0.547.